The van der Waals surface area contributed by atoms with Crippen LogP contribution in [0.3, 0.4) is 0 Å². The van der Waals surface area contributed by atoms with Crippen LogP contribution in [0, 0.1) is 0 Å². The van der Waals surface area contributed by atoms with Gasteiger partial charge in [0.15, 0.2) is 15.8 Å². The summed E-state index contributed by atoms with van der Waals surface area (Å²) in [5, 5.41) is 6.42. The quantitative estimate of drug-likeness (QED) is 0.457. The van der Waals surface area contributed by atoms with Gasteiger partial charge in [0.2, 0.25) is 5.91 Å². The van der Waals surface area contributed by atoms with Gasteiger partial charge in [0.05, 0.1) is 11.4 Å². The van der Waals surface area contributed by atoms with E-state index in [2.05, 4.69) is 15.6 Å². The van der Waals surface area contributed by atoms with E-state index in [9.17, 15) is 13.2 Å². The zero-order chi connectivity index (χ0) is 20.6. The molecule has 0 aliphatic carbocycles. The normalized spacial score (nSPS) is 11.9. The molecule has 8 heteroatoms. The molecule has 0 aliphatic rings. The van der Waals surface area contributed by atoms with Gasteiger partial charge in [-0.15, -0.1) is 0 Å². The van der Waals surface area contributed by atoms with Gasteiger partial charge >= 0.3 is 0 Å². The molecular formula is C20H26N4O3S. The number of hydrogen-bond donors (Lipinski definition) is 3. The van der Waals surface area contributed by atoms with E-state index in [1.807, 2.05) is 25.1 Å². The van der Waals surface area contributed by atoms with Gasteiger partial charge in [0, 0.05) is 24.9 Å². The van der Waals surface area contributed by atoms with Crippen LogP contribution in [0.15, 0.2) is 58.4 Å². The number of hydrogen-bond acceptors (Lipinski definition) is 4. The lowest BCUT2D eigenvalue weighted by Gasteiger charge is -2.11. The van der Waals surface area contributed by atoms with E-state index in [1.54, 1.807) is 30.3 Å². The number of carbonyl (C=O) groups excluding carboxylic acids is 1. The van der Waals surface area contributed by atoms with E-state index in [0.717, 1.165) is 24.1 Å². The molecule has 28 heavy (non-hydrogen) atoms. The number of primary amides is 1. The minimum Gasteiger partial charge on any atom is -0.366 e. The van der Waals surface area contributed by atoms with Crippen LogP contribution in [0.4, 0.5) is 0 Å². The lowest BCUT2D eigenvalue weighted by Crippen LogP contribution is -2.38. The van der Waals surface area contributed by atoms with E-state index < -0.39 is 15.7 Å². The Bertz CT molecular complexity index is 938. The van der Waals surface area contributed by atoms with Crippen molar-refractivity contribution in [3.8, 4) is 0 Å². The molecule has 0 bridgehead atoms. The minimum atomic E-state index is -3.18. The van der Waals surface area contributed by atoms with Crippen molar-refractivity contribution in [3.05, 3.63) is 65.2 Å². The van der Waals surface area contributed by atoms with Gasteiger partial charge in [-0.2, -0.15) is 0 Å². The largest absolute Gasteiger partial charge is 0.366 e. The number of amides is 1. The predicted molar refractivity (Wildman–Crippen MR) is 111 cm³/mol. The molecule has 2 aromatic rings. The summed E-state index contributed by atoms with van der Waals surface area (Å²) in [4.78, 5) is 16.1. The van der Waals surface area contributed by atoms with Crippen molar-refractivity contribution in [2.24, 2.45) is 10.7 Å². The Balaban J connectivity index is 1.94. The molecule has 0 spiro atoms. The van der Waals surface area contributed by atoms with Gasteiger partial charge < -0.3 is 16.4 Å². The molecule has 0 heterocycles. The smallest absolute Gasteiger partial charge is 0.248 e. The van der Waals surface area contributed by atoms with Crippen LogP contribution < -0.4 is 16.4 Å². The molecular weight excluding hydrogens is 376 g/mol. The highest BCUT2D eigenvalue weighted by Gasteiger charge is 2.06. The summed E-state index contributed by atoms with van der Waals surface area (Å²) in [7, 11) is -3.18. The van der Waals surface area contributed by atoms with Gasteiger partial charge in [0.1, 0.15) is 0 Å². The second kappa shape index (κ2) is 9.89. The summed E-state index contributed by atoms with van der Waals surface area (Å²) in [6.07, 6.45) is 1.92. The Morgan fingerprint density at radius 2 is 1.79 bits per heavy atom. The molecule has 2 rings (SSSR count). The lowest BCUT2D eigenvalue weighted by atomic mass is 10.1. The van der Waals surface area contributed by atoms with Crippen molar-refractivity contribution < 1.29 is 13.2 Å². The van der Waals surface area contributed by atoms with Gasteiger partial charge in [-0.25, -0.2) is 13.4 Å². The molecule has 2 aromatic carbocycles. The molecule has 4 N–H and O–H groups in total. The molecule has 150 valence electrons. The third-order valence-corrected chi connectivity index (χ3v) is 5.16. The molecule has 7 nitrogen and oxygen atoms in total. The number of sulfone groups is 1. The third-order valence-electron chi connectivity index (χ3n) is 4.03. The summed E-state index contributed by atoms with van der Waals surface area (Å²) < 4.78 is 23.0. The van der Waals surface area contributed by atoms with Gasteiger partial charge in [-0.3, -0.25) is 4.79 Å². The van der Waals surface area contributed by atoms with Crippen molar-refractivity contribution in [1.29, 1.82) is 0 Å². The standard InChI is InChI=1S/C20H26N4O3S/c1-3-22-20(24-14-16-5-4-6-17(13-16)19(21)25)23-12-11-15-7-9-18(10-8-15)28(2,26)27/h4-10,13H,3,11-12,14H2,1-2H3,(H2,21,25)(H2,22,23,24). The Morgan fingerprint density at radius 1 is 1.07 bits per heavy atom. The maximum Gasteiger partial charge on any atom is 0.248 e. The number of nitrogens with two attached hydrogens (primary N) is 1. The number of nitrogens with zero attached hydrogens (tertiary/aromatic N) is 1. The zero-order valence-electron chi connectivity index (χ0n) is 16.1. The Labute approximate surface area is 166 Å². The fraction of sp³-hybridized carbons (Fsp3) is 0.300. The molecule has 0 saturated heterocycles. The van der Waals surface area contributed by atoms with Crippen LogP contribution in [0.1, 0.15) is 28.4 Å². The van der Waals surface area contributed by atoms with E-state index in [4.69, 9.17) is 5.73 Å². The van der Waals surface area contributed by atoms with Crippen molar-refractivity contribution in [2.45, 2.75) is 24.8 Å². The summed E-state index contributed by atoms with van der Waals surface area (Å²) in [6, 6.07) is 14.0. The highest BCUT2D eigenvalue weighted by molar-refractivity contribution is 7.90. The number of benzene rings is 2. The maximum atomic E-state index is 11.5. The SMILES string of the molecule is CCNC(=NCc1cccc(C(N)=O)c1)NCCc1ccc(S(C)(=O)=O)cc1. The van der Waals surface area contributed by atoms with Gasteiger partial charge in [0.25, 0.3) is 0 Å². The van der Waals surface area contributed by atoms with E-state index >= 15 is 0 Å². The third kappa shape index (κ3) is 6.70. The first kappa shape index (κ1) is 21.4. The number of aliphatic imine (C=N–C) groups is 1. The van der Waals surface area contributed by atoms with Crippen LogP contribution in [-0.4, -0.2) is 39.6 Å². The fourth-order valence-corrected chi connectivity index (χ4v) is 3.19. The molecule has 0 radical (unpaired) electrons. The number of carbonyl (C=O) groups is 1. The van der Waals surface area contributed by atoms with Gasteiger partial charge in [-0.05, 0) is 48.7 Å². The van der Waals surface area contributed by atoms with Crippen LogP contribution in [0.2, 0.25) is 0 Å². The first-order chi connectivity index (χ1) is 13.3. The minimum absolute atomic E-state index is 0.317. The second-order valence-electron chi connectivity index (χ2n) is 6.35. The Kier molecular flexibility index (Phi) is 7.57. The average Bonchev–Trinajstić information content (AvgIpc) is 2.66. The van der Waals surface area contributed by atoms with Crippen molar-refractivity contribution in [1.82, 2.24) is 10.6 Å². The van der Waals surface area contributed by atoms with E-state index in [1.165, 1.54) is 6.26 Å². The summed E-state index contributed by atoms with van der Waals surface area (Å²) >= 11 is 0. The van der Waals surface area contributed by atoms with E-state index in [0.29, 0.717) is 29.5 Å². The zero-order valence-corrected chi connectivity index (χ0v) is 16.9. The van der Waals surface area contributed by atoms with Crippen LogP contribution in [-0.2, 0) is 22.8 Å². The second-order valence-corrected chi connectivity index (χ2v) is 8.37. The van der Waals surface area contributed by atoms with Crippen LogP contribution in [0.25, 0.3) is 0 Å². The Morgan fingerprint density at radius 3 is 2.39 bits per heavy atom. The molecule has 0 saturated carbocycles. The topological polar surface area (TPSA) is 114 Å². The predicted octanol–water partition coefficient (Wildman–Crippen LogP) is 1.49. The highest BCUT2D eigenvalue weighted by atomic mass is 32.2. The summed E-state index contributed by atoms with van der Waals surface area (Å²) in [6.45, 7) is 3.76. The van der Waals surface area contributed by atoms with Crippen LogP contribution >= 0.6 is 0 Å². The first-order valence-electron chi connectivity index (χ1n) is 8.99. The van der Waals surface area contributed by atoms with Gasteiger partial charge in [-0.1, -0.05) is 24.3 Å². The van der Waals surface area contributed by atoms with E-state index in [-0.39, 0.29) is 0 Å². The molecule has 0 aliphatic heterocycles. The fourth-order valence-electron chi connectivity index (χ4n) is 2.56. The first-order valence-corrected chi connectivity index (χ1v) is 10.9. The molecule has 0 atom stereocenters. The van der Waals surface area contributed by atoms with Crippen LogP contribution in [0.5, 0.6) is 0 Å². The average molecular weight is 403 g/mol. The molecule has 0 aromatic heterocycles. The lowest BCUT2D eigenvalue weighted by molar-refractivity contribution is 0.1000. The Hall–Kier alpha value is -2.87. The number of nitrogens with one attached hydrogen (secondary N) is 2. The highest BCUT2D eigenvalue weighted by Crippen LogP contribution is 2.10. The molecule has 1 amide bonds. The monoisotopic (exact) mass is 402 g/mol. The number of guanidine groups is 1. The molecule has 0 fully saturated rings. The summed E-state index contributed by atoms with van der Waals surface area (Å²) in [5.74, 6) is 0.206. The maximum absolute atomic E-state index is 11.5. The van der Waals surface area contributed by atoms with Crippen molar-refractivity contribution in [3.63, 3.8) is 0 Å². The summed E-state index contributed by atoms with van der Waals surface area (Å²) in [5.41, 5.74) is 7.69. The van der Waals surface area contributed by atoms with Crippen molar-refractivity contribution >= 4 is 21.7 Å². The number of rotatable bonds is 8. The molecule has 0 unspecified atom stereocenters. The van der Waals surface area contributed by atoms with Crippen molar-refractivity contribution in [2.75, 3.05) is 19.3 Å².